The van der Waals surface area contributed by atoms with E-state index in [1.165, 1.54) is 40.6 Å². The summed E-state index contributed by atoms with van der Waals surface area (Å²) in [6.07, 6.45) is 4.73. The Morgan fingerprint density at radius 2 is 2.00 bits per heavy atom. The third kappa shape index (κ3) is 1.97. The van der Waals surface area contributed by atoms with Gasteiger partial charge in [-0.3, -0.25) is 0 Å². The van der Waals surface area contributed by atoms with E-state index in [1.54, 1.807) is 5.56 Å². The number of hydrogen-bond donors (Lipinski definition) is 0. The van der Waals surface area contributed by atoms with Crippen molar-refractivity contribution in [2.24, 2.45) is 0 Å². The van der Waals surface area contributed by atoms with Gasteiger partial charge in [-0.05, 0) is 35.8 Å². The van der Waals surface area contributed by atoms with Crippen LogP contribution in [0.4, 0.5) is 0 Å². The molecule has 0 fully saturated rings. The zero-order valence-electron chi connectivity index (χ0n) is 15.0. The lowest BCUT2D eigenvalue weighted by molar-refractivity contribution is -0.524. The summed E-state index contributed by atoms with van der Waals surface area (Å²) in [5.74, 6) is 0.669. The molecule has 120 valence electrons. The average molecular weight is 307 g/mol. The van der Waals surface area contributed by atoms with Gasteiger partial charge in [0, 0.05) is 12.3 Å². The van der Waals surface area contributed by atoms with Crippen LogP contribution in [-0.2, 0) is 12.0 Å². The Kier molecular flexibility index (Phi) is 3.10. The van der Waals surface area contributed by atoms with Gasteiger partial charge in [-0.25, -0.2) is 4.57 Å². The van der Waals surface area contributed by atoms with Gasteiger partial charge in [0.05, 0.1) is 18.1 Å². The first-order chi connectivity index (χ1) is 10.9. The number of aryl methyl sites for hydroxylation is 1. The van der Waals surface area contributed by atoms with Gasteiger partial charge >= 0.3 is 0 Å². The molecule has 1 aliphatic rings. The molecule has 3 heterocycles. The van der Waals surface area contributed by atoms with E-state index in [9.17, 15) is 0 Å². The number of hydrogen-bond acceptors (Lipinski definition) is 0. The van der Waals surface area contributed by atoms with Crippen LogP contribution < -0.4 is 4.40 Å². The first kappa shape index (κ1) is 14.7. The van der Waals surface area contributed by atoms with Crippen molar-refractivity contribution in [3.05, 3.63) is 47.4 Å². The molecule has 2 heteroatoms. The molecule has 3 aromatic rings. The van der Waals surface area contributed by atoms with Crippen molar-refractivity contribution in [1.82, 2.24) is 4.57 Å². The normalized spacial score (nSPS) is 18.0. The molecule has 1 aromatic carbocycles. The maximum absolute atomic E-state index is 2.57. The first-order valence-corrected chi connectivity index (χ1v) is 8.90. The van der Waals surface area contributed by atoms with Gasteiger partial charge in [0.1, 0.15) is 5.69 Å². The van der Waals surface area contributed by atoms with Crippen LogP contribution in [0, 0.1) is 6.92 Å². The van der Waals surface area contributed by atoms with Gasteiger partial charge in [0.15, 0.2) is 5.69 Å². The van der Waals surface area contributed by atoms with Crippen LogP contribution in [0.5, 0.6) is 0 Å². The van der Waals surface area contributed by atoms with E-state index in [0.29, 0.717) is 5.92 Å². The van der Waals surface area contributed by atoms with Gasteiger partial charge in [-0.15, -0.1) is 0 Å². The summed E-state index contributed by atoms with van der Waals surface area (Å²) in [5.41, 5.74) is 5.96. The highest BCUT2D eigenvalue weighted by Gasteiger charge is 2.34. The molecule has 0 spiro atoms. The standard InChI is InChI=1S/C21H27N2/c1-6-15-10-12-22-14(2)19(21(3,4)5)23-13-11-16-8-7-9-17(15)18(16)20(22)23/h7-9,11,13,15H,6,10,12H2,1-5H3/q+1. The minimum absolute atomic E-state index is 0.143. The summed E-state index contributed by atoms with van der Waals surface area (Å²) < 4.78 is 5.03. The molecule has 4 rings (SSSR count). The van der Waals surface area contributed by atoms with E-state index in [2.05, 4.69) is 74.0 Å². The predicted octanol–water partition coefficient (Wildman–Crippen LogP) is 4.88. The van der Waals surface area contributed by atoms with E-state index in [1.807, 2.05) is 0 Å². The van der Waals surface area contributed by atoms with Crippen LogP contribution in [0.25, 0.3) is 16.4 Å². The second-order valence-electron chi connectivity index (χ2n) is 8.05. The Balaban J connectivity index is 2.23. The van der Waals surface area contributed by atoms with E-state index in [4.69, 9.17) is 0 Å². The molecule has 0 bridgehead atoms. The molecule has 0 aliphatic carbocycles. The molecule has 0 radical (unpaired) electrons. The highest BCUT2D eigenvalue weighted by atomic mass is 15.1. The molecule has 1 aliphatic heterocycles. The number of benzene rings is 1. The molecule has 23 heavy (non-hydrogen) atoms. The zero-order valence-corrected chi connectivity index (χ0v) is 15.0. The lowest BCUT2D eigenvalue weighted by Crippen LogP contribution is -2.32. The smallest absolute Gasteiger partial charge is 0.227 e. The minimum atomic E-state index is 0.143. The van der Waals surface area contributed by atoms with Gasteiger partial charge in [0.2, 0.25) is 0 Å². The Morgan fingerprint density at radius 3 is 2.70 bits per heavy atom. The molecule has 2 nitrogen and oxygen atoms in total. The van der Waals surface area contributed by atoms with Crippen LogP contribution in [0.1, 0.15) is 63.4 Å². The maximum Gasteiger partial charge on any atom is 0.294 e. The summed E-state index contributed by atoms with van der Waals surface area (Å²) in [7, 11) is 0. The number of pyridine rings is 1. The summed E-state index contributed by atoms with van der Waals surface area (Å²) in [6, 6.07) is 9.14. The van der Waals surface area contributed by atoms with E-state index >= 15 is 0 Å². The van der Waals surface area contributed by atoms with Crippen LogP contribution in [-0.4, -0.2) is 4.57 Å². The summed E-state index contributed by atoms with van der Waals surface area (Å²) in [4.78, 5) is 0. The lowest BCUT2D eigenvalue weighted by Gasteiger charge is -2.17. The largest absolute Gasteiger partial charge is 0.294 e. The van der Waals surface area contributed by atoms with E-state index in [0.717, 1.165) is 6.54 Å². The van der Waals surface area contributed by atoms with Gasteiger partial charge in [-0.1, -0.05) is 45.9 Å². The molecule has 0 saturated carbocycles. The van der Waals surface area contributed by atoms with Crippen molar-refractivity contribution in [2.45, 2.75) is 65.3 Å². The second-order valence-corrected chi connectivity index (χ2v) is 8.05. The number of imidazole rings is 1. The van der Waals surface area contributed by atoms with Crippen LogP contribution in [0.3, 0.4) is 0 Å². The highest BCUT2D eigenvalue weighted by molar-refractivity contribution is 5.95. The van der Waals surface area contributed by atoms with Crippen LogP contribution in [0.15, 0.2) is 30.5 Å². The molecule has 0 saturated heterocycles. The lowest BCUT2D eigenvalue weighted by atomic mass is 9.89. The average Bonchev–Trinajstić information content (AvgIpc) is 2.69. The molecule has 1 unspecified atom stereocenters. The number of nitrogens with zero attached hydrogens (tertiary/aromatic N) is 2. The summed E-state index contributed by atoms with van der Waals surface area (Å²) in [6.45, 7) is 12.7. The van der Waals surface area contributed by atoms with Crippen LogP contribution >= 0.6 is 0 Å². The van der Waals surface area contributed by atoms with Crippen molar-refractivity contribution in [1.29, 1.82) is 0 Å². The van der Waals surface area contributed by atoms with Crippen LogP contribution in [0.2, 0.25) is 0 Å². The fraction of sp³-hybridized carbons (Fsp3) is 0.476. The minimum Gasteiger partial charge on any atom is -0.227 e. The van der Waals surface area contributed by atoms with Gasteiger partial charge < -0.3 is 0 Å². The van der Waals surface area contributed by atoms with Crippen molar-refractivity contribution in [3.63, 3.8) is 0 Å². The quantitative estimate of drug-likeness (QED) is 0.566. The number of rotatable bonds is 1. The SMILES string of the molecule is CCC1CCn2c(C)c(C(C)(C)C)[n+]3ccc4cccc1c4c23. The molecule has 1 atom stereocenters. The molecule has 0 amide bonds. The van der Waals surface area contributed by atoms with Gasteiger partial charge in [-0.2, -0.15) is 4.40 Å². The highest BCUT2D eigenvalue weighted by Crippen LogP contribution is 2.37. The number of aromatic nitrogens is 2. The van der Waals surface area contributed by atoms with E-state index < -0.39 is 0 Å². The topological polar surface area (TPSA) is 9.03 Å². The van der Waals surface area contributed by atoms with E-state index in [-0.39, 0.29) is 5.41 Å². The van der Waals surface area contributed by atoms with Crippen molar-refractivity contribution in [2.75, 3.05) is 0 Å². The summed E-state index contributed by atoms with van der Waals surface area (Å²) >= 11 is 0. The fourth-order valence-corrected chi connectivity index (χ4v) is 4.62. The zero-order chi connectivity index (χ0) is 16.4. The van der Waals surface area contributed by atoms with Crippen molar-refractivity contribution >= 4 is 16.4 Å². The Labute approximate surface area is 138 Å². The van der Waals surface area contributed by atoms with Crippen molar-refractivity contribution in [3.8, 4) is 0 Å². The Bertz CT molecular complexity index is 909. The monoisotopic (exact) mass is 307 g/mol. The molecular weight excluding hydrogens is 280 g/mol. The molecule has 0 N–H and O–H groups in total. The second kappa shape index (κ2) is 4.83. The molecular formula is C21H27N2+. The molecule has 2 aromatic heterocycles. The predicted molar refractivity (Wildman–Crippen MR) is 96.2 cm³/mol. The van der Waals surface area contributed by atoms with Gasteiger partial charge in [0.25, 0.3) is 5.65 Å². The Morgan fingerprint density at radius 1 is 1.22 bits per heavy atom. The maximum atomic E-state index is 2.57. The first-order valence-electron chi connectivity index (χ1n) is 8.90. The Hall–Kier alpha value is -1.83. The third-order valence-electron chi connectivity index (χ3n) is 5.57. The summed E-state index contributed by atoms with van der Waals surface area (Å²) in [5, 5.41) is 2.85. The third-order valence-corrected chi connectivity index (χ3v) is 5.57. The van der Waals surface area contributed by atoms with Crippen molar-refractivity contribution < 1.29 is 4.40 Å². The fourth-order valence-electron chi connectivity index (χ4n) is 4.62.